The van der Waals surface area contributed by atoms with E-state index < -0.39 is 5.67 Å². The van der Waals surface area contributed by atoms with Crippen molar-refractivity contribution in [1.29, 1.82) is 0 Å². The molecule has 8 heteroatoms. The summed E-state index contributed by atoms with van der Waals surface area (Å²) in [7, 11) is 0. The van der Waals surface area contributed by atoms with E-state index >= 15 is 4.39 Å². The van der Waals surface area contributed by atoms with Crippen LogP contribution in [-0.4, -0.2) is 45.9 Å². The van der Waals surface area contributed by atoms with Gasteiger partial charge in [-0.15, -0.1) is 0 Å². The average molecular weight is 621 g/mol. The third-order valence-corrected chi connectivity index (χ3v) is 13.0. The molecule has 4 fully saturated rings. The first kappa shape index (κ1) is 28.8. The summed E-state index contributed by atoms with van der Waals surface area (Å²) in [6.07, 6.45) is 27.5. The summed E-state index contributed by atoms with van der Waals surface area (Å²) >= 11 is 0. The topological polar surface area (TPSA) is 81.7 Å². The van der Waals surface area contributed by atoms with Gasteiger partial charge in [-0.3, -0.25) is 9.97 Å². The fourth-order valence-electron chi connectivity index (χ4n) is 9.37. The third kappa shape index (κ3) is 5.02. The zero-order chi connectivity index (χ0) is 30.9. The summed E-state index contributed by atoms with van der Waals surface area (Å²) in [4.78, 5) is 17.7. The number of nitrogens with zero attached hydrogens (tertiary/aromatic N) is 6. The summed E-state index contributed by atoms with van der Waals surface area (Å²) < 4.78 is 19.6. The molecule has 2 spiro atoms. The van der Waals surface area contributed by atoms with Gasteiger partial charge in [-0.05, 0) is 131 Å². The molecule has 3 atom stereocenters. The van der Waals surface area contributed by atoms with Crippen molar-refractivity contribution in [3.63, 3.8) is 0 Å². The highest BCUT2D eigenvalue weighted by molar-refractivity contribution is 5.67. The van der Waals surface area contributed by atoms with Crippen molar-refractivity contribution in [2.45, 2.75) is 120 Å². The molecule has 0 bridgehead atoms. The first-order chi connectivity index (χ1) is 22.4. The number of aliphatic hydroxyl groups is 1. The van der Waals surface area contributed by atoms with E-state index in [0.29, 0.717) is 23.2 Å². The van der Waals surface area contributed by atoms with Crippen molar-refractivity contribution in [2.24, 2.45) is 16.7 Å². The molecule has 4 aromatic rings. The molecule has 0 radical (unpaired) electrons. The SMILES string of the molecule is FC1(CCC2c3ncccc3-c3cncn32)CCC2(CC1)CC2.OC(CC1c2ncccc2-c2cncn21)C1CCC2(CC1)CC2. The standard InChI is InChI=1S/C19H22FN3.C19H23N3O/c20-19(9-7-18(5-6-18)8-10-19)4-3-15-17-14(2-1-11-22-17)16-12-21-13-23(15)16;23-17(13-3-5-19(6-4-13)7-8-19)10-15-18-14(2-1-9-21-18)16-11-20-12-22(15)16/h1-2,11-13,15H,3-10H2;1-2,9,11-13,15,17,23H,3-8,10H2. The Kier molecular flexibility index (Phi) is 6.78. The lowest BCUT2D eigenvalue weighted by Crippen LogP contribution is -2.31. The van der Waals surface area contributed by atoms with Crippen LogP contribution in [0.5, 0.6) is 0 Å². The van der Waals surface area contributed by atoms with Crippen molar-refractivity contribution < 1.29 is 9.50 Å². The second kappa shape index (κ2) is 10.8. The Morgan fingerprint density at radius 2 is 1.26 bits per heavy atom. The van der Waals surface area contributed by atoms with E-state index in [4.69, 9.17) is 0 Å². The van der Waals surface area contributed by atoms with Crippen molar-refractivity contribution in [3.8, 4) is 22.5 Å². The van der Waals surface area contributed by atoms with Crippen LogP contribution < -0.4 is 0 Å². The quantitative estimate of drug-likeness (QED) is 0.235. The molecule has 6 heterocycles. The number of aliphatic hydroxyl groups excluding tert-OH is 1. The second-order valence-electron chi connectivity index (χ2n) is 15.6. The van der Waals surface area contributed by atoms with Gasteiger partial charge in [0.25, 0.3) is 0 Å². The van der Waals surface area contributed by atoms with E-state index in [0.717, 1.165) is 66.9 Å². The summed E-state index contributed by atoms with van der Waals surface area (Å²) in [5.74, 6) is 0.459. The first-order valence-corrected chi connectivity index (χ1v) is 17.8. The smallest absolute Gasteiger partial charge is 0.111 e. The normalized spacial score (nSPS) is 27.2. The Bertz CT molecular complexity index is 1720. The molecule has 240 valence electrons. The highest BCUT2D eigenvalue weighted by Gasteiger charge is 2.50. The van der Waals surface area contributed by atoms with Crippen LogP contribution in [0.4, 0.5) is 4.39 Å². The highest BCUT2D eigenvalue weighted by Crippen LogP contribution is 2.60. The molecule has 1 N–H and O–H groups in total. The summed E-state index contributed by atoms with van der Waals surface area (Å²) in [5, 5.41) is 10.9. The lowest BCUT2D eigenvalue weighted by atomic mass is 9.75. The Morgan fingerprint density at radius 1 is 0.739 bits per heavy atom. The van der Waals surface area contributed by atoms with Crippen LogP contribution in [0.1, 0.15) is 120 Å². The van der Waals surface area contributed by atoms with Gasteiger partial charge in [-0.2, -0.15) is 0 Å². The van der Waals surface area contributed by atoms with E-state index in [9.17, 15) is 5.11 Å². The number of rotatable bonds is 6. The Labute approximate surface area is 270 Å². The summed E-state index contributed by atoms with van der Waals surface area (Å²) in [5.41, 5.74) is 7.03. The zero-order valence-electron chi connectivity index (χ0n) is 26.7. The third-order valence-electron chi connectivity index (χ3n) is 13.0. The van der Waals surface area contributed by atoms with Gasteiger partial charge < -0.3 is 14.2 Å². The molecule has 7 nitrogen and oxygen atoms in total. The van der Waals surface area contributed by atoms with Gasteiger partial charge in [0, 0.05) is 29.9 Å². The molecule has 4 saturated carbocycles. The number of hydrogen-bond donors (Lipinski definition) is 1. The van der Waals surface area contributed by atoms with E-state index in [1.165, 1.54) is 56.9 Å². The zero-order valence-corrected chi connectivity index (χ0v) is 26.7. The number of imidazole rings is 2. The maximum absolute atomic E-state index is 15.2. The van der Waals surface area contributed by atoms with E-state index in [-0.39, 0.29) is 18.2 Å². The van der Waals surface area contributed by atoms with E-state index in [1.54, 1.807) is 0 Å². The minimum absolute atomic E-state index is 0.135. The van der Waals surface area contributed by atoms with Gasteiger partial charge in [0.15, 0.2) is 0 Å². The van der Waals surface area contributed by atoms with Gasteiger partial charge >= 0.3 is 0 Å². The lowest BCUT2D eigenvalue weighted by Gasteiger charge is -2.35. The first-order valence-electron chi connectivity index (χ1n) is 17.8. The predicted molar refractivity (Wildman–Crippen MR) is 175 cm³/mol. The van der Waals surface area contributed by atoms with Crippen LogP contribution >= 0.6 is 0 Å². The molecule has 0 saturated heterocycles. The summed E-state index contributed by atoms with van der Waals surface area (Å²) in [6, 6.07) is 8.43. The molecule has 10 rings (SSSR count). The molecule has 4 aromatic heterocycles. The molecular formula is C38H45FN6O. The van der Waals surface area contributed by atoms with Crippen LogP contribution in [0.15, 0.2) is 61.7 Å². The number of hydrogen-bond acceptors (Lipinski definition) is 5. The molecule has 3 unspecified atom stereocenters. The maximum atomic E-state index is 15.2. The van der Waals surface area contributed by atoms with Crippen LogP contribution in [0.3, 0.4) is 0 Å². The van der Waals surface area contributed by atoms with Crippen molar-refractivity contribution in [3.05, 3.63) is 73.1 Å². The number of alkyl halides is 1. The second-order valence-corrected chi connectivity index (χ2v) is 15.6. The number of fused-ring (bicyclic) bond motifs is 6. The Morgan fingerprint density at radius 3 is 1.85 bits per heavy atom. The van der Waals surface area contributed by atoms with Gasteiger partial charge in [0.1, 0.15) is 5.67 Å². The van der Waals surface area contributed by atoms with Gasteiger partial charge in [-0.25, -0.2) is 14.4 Å². The van der Waals surface area contributed by atoms with Crippen LogP contribution in [-0.2, 0) is 0 Å². The summed E-state index contributed by atoms with van der Waals surface area (Å²) in [6.45, 7) is 0. The van der Waals surface area contributed by atoms with E-state index in [1.807, 2.05) is 49.6 Å². The van der Waals surface area contributed by atoms with Gasteiger partial charge in [0.05, 0.1) is 66.0 Å². The van der Waals surface area contributed by atoms with Gasteiger partial charge in [0.2, 0.25) is 0 Å². The van der Waals surface area contributed by atoms with E-state index in [2.05, 4.69) is 41.2 Å². The minimum atomic E-state index is -0.966. The Balaban J connectivity index is 0.000000127. The Hall–Kier alpha value is -3.39. The fraction of sp³-hybridized carbons (Fsp3) is 0.579. The van der Waals surface area contributed by atoms with Crippen LogP contribution in [0.25, 0.3) is 22.5 Å². The number of halogens is 1. The molecule has 4 aliphatic carbocycles. The number of aromatic nitrogens is 6. The highest BCUT2D eigenvalue weighted by atomic mass is 19.1. The molecule has 0 aromatic carbocycles. The van der Waals surface area contributed by atoms with Crippen LogP contribution in [0.2, 0.25) is 0 Å². The molecule has 46 heavy (non-hydrogen) atoms. The van der Waals surface area contributed by atoms with Crippen molar-refractivity contribution in [2.75, 3.05) is 0 Å². The van der Waals surface area contributed by atoms with Crippen molar-refractivity contribution >= 4 is 0 Å². The molecule has 2 aliphatic heterocycles. The minimum Gasteiger partial charge on any atom is -0.393 e. The molecule has 6 aliphatic rings. The lowest BCUT2D eigenvalue weighted by molar-refractivity contribution is 0.0556. The maximum Gasteiger partial charge on any atom is 0.111 e. The number of pyridine rings is 2. The van der Waals surface area contributed by atoms with Crippen LogP contribution in [0, 0.1) is 16.7 Å². The predicted octanol–water partition coefficient (Wildman–Crippen LogP) is 8.26. The molecular weight excluding hydrogens is 575 g/mol. The fourth-order valence-corrected chi connectivity index (χ4v) is 9.37. The largest absolute Gasteiger partial charge is 0.393 e. The van der Waals surface area contributed by atoms with Gasteiger partial charge in [-0.1, -0.05) is 0 Å². The monoisotopic (exact) mass is 620 g/mol. The molecule has 0 amide bonds. The van der Waals surface area contributed by atoms with Crippen molar-refractivity contribution in [1.82, 2.24) is 29.1 Å². The average Bonchev–Trinajstić information content (AvgIpc) is 3.75.